The zero-order valence-electron chi connectivity index (χ0n) is 54.1. The molecule has 0 saturated carbocycles. The first kappa shape index (κ1) is 64.6. The molecule has 10 nitrogen and oxygen atoms in total. The van der Waals surface area contributed by atoms with Crippen LogP contribution in [0, 0.1) is 0 Å². The van der Waals surface area contributed by atoms with Crippen molar-refractivity contribution in [1.29, 1.82) is 0 Å². The fraction of sp³-hybridized carbons (Fsp3) is 0.579. The summed E-state index contributed by atoms with van der Waals surface area (Å²) in [6.45, 7) is 14.1. The van der Waals surface area contributed by atoms with E-state index in [0.717, 1.165) is 170 Å². The number of H-pyrrole nitrogens is 2. The Morgan fingerprint density at radius 3 is 0.651 bits per heavy atom. The maximum Gasteiger partial charge on any atom is 0.165 e. The molecule has 4 aromatic carbocycles. The van der Waals surface area contributed by atoms with Gasteiger partial charge in [0.15, 0.2) is 23.3 Å². The minimum Gasteiger partial charge on any atom is -0.396 e. The number of unbranched alkanes of at least 4 members (excludes halogenated alkanes) is 20. The monoisotopic (exact) mass is 1160 g/mol. The zero-order valence-corrected chi connectivity index (χ0v) is 54.1. The Morgan fingerprint density at radius 1 is 0.244 bits per heavy atom. The van der Waals surface area contributed by atoms with Gasteiger partial charge in [-0.1, -0.05) is 206 Å². The lowest BCUT2D eigenvalue weighted by atomic mass is 9.91. The number of hydrogen-bond acceptors (Lipinski definition) is 8. The molecule has 2 aliphatic heterocycles. The van der Waals surface area contributed by atoms with Crippen LogP contribution in [0.25, 0.3) is 89.7 Å². The first-order chi connectivity index (χ1) is 42.4. The van der Waals surface area contributed by atoms with Gasteiger partial charge in [0.05, 0.1) is 0 Å². The summed E-state index contributed by atoms with van der Waals surface area (Å²) in [7, 11) is 0. The summed E-state index contributed by atoms with van der Waals surface area (Å²) in [5, 5.41) is 24.7. The van der Waals surface area contributed by atoms with Crippen molar-refractivity contribution in [3.8, 4) is 45.6 Å². The highest BCUT2D eigenvalue weighted by molar-refractivity contribution is 6.10. The number of rotatable bonds is 38. The van der Waals surface area contributed by atoms with Gasteiger partial charge in [-0.2, -0.15) is 0 Å². The number of aliphatic hydroxyl groups excluding tert-OH is 2. The molecule has 7 aromatic rings. The van der Waals surface area contributed by atoms with Crippen molar-refractivity contribution in [2.45, 2.75) is 273 Å². The molecule has 10 heteroatoms. The number of aryl methyl sites for hydroxylation is 8. The van der Waals surface area contributed by atoms with E-state index >= 15 is 0 Å². The third-order valence-electron chi connectivity index (χ3n) is 18.6. The summed E-state index contributed by atoms with van der Waals surface area (Å²) in [5.74, 6) is 2.85. The lowest BCUT2D eigenvalue weighted by molar-refractivity contribution is 0.284. The van der Waals surface area contributed by atoms with Crippen molar-refractivity contribution in [3.05, 3.63) is 93.0 Å². The Kier molecular flexibility index (Phi) is 25.2. The lowest BCUT2D eigenvalue weighted by Gasteiger charge is -2.13. The number of benzene rings is 4. The van der Waals surface area contributed by atoms with Crippen LogP contribution < -0.4 is 0 Å². The Labute approximate surface area is 516 Å². The largest absolute Gasteiger partial charge is 0.396 e. The molecule has 5 heterocycles. The standard InChI is InChI=1S/C76H106N8O2/c1-7-13-19-25-35-53-43-44-54(36-26-20-14-8-2)62-61(53)69-77-70(62)79-72-64-56(38-28-22-16-10-4)46-48-58(40-30-24-18-12-6)66(64)74(81-72)83-76-68-60(42-32-34-52-86)50-49-59(41-31-33-51-85)67(68)75(84-76)82-73-65-57(39-29-23-17-11-5)47-45-55(37-27-21-15-9-3)63(65)71(78-69)80-73/h43-50,85-86H,7-42,51-52H2,1-6H3,(H2,77,78,79,80,81,82,83,84). The number of aromatic nitrogens is 8. The summed E-state index contributed by atoms with van der Waals surface area (Å²) >= 11 is 0. The SMILES string of the molecule is CCCCCCc1ccc(CCCCCC)c2c1-c1nc-2nc2[nH]c(nc3nc(nc4[nH]c(n1)c1c(CCCCO)ccc(CCCCO)c41)-c1c(CCCCCC)ccc(CCCCCC)c1-3)c1c(CCCCCC)ccc(CCCCCC)c21. The van der Waals surface area contributed by atoms with E-state index in [1.165, 1.54) is 171 Å². The minimum atomic E-state index is 0.146. The molecule has 9 rings (SSSR count). The summed E-state index contributed by atoms with van der Waals surface area (Å²) in [6, 6.07) is 19.0. The van der Waals surface area contributed by atoms with E-state index < -0.39 is 0 Å². The van der Waals surface area contributed by atoms with Crippen molar-refractivity contribution in [2.75, 3.05) is 13.2 Å². The van der Waals surface area contributed by atoms with E-state index in [0.29, 0.717) is 24.5 Å². The Hall–Kier alpha value is -5.84. The van der Waals surface area contributed by atoms with Gasteiger partial charge in [0.1, 0.15) is 22.6 Å². The van der Waals surface area contributed by atoms with Crippen LogP contribution in [0.3, 0.4) is 0 Å². The smallest absolute Gasteiger partial charge is 0.165 e. The van der Waals surface area contributed by atoms with Gasteiger partial charge in [-0.3, -0.25) is 0 Å². The second kappa shape index (κ2) is 33.5. The van der Waals surface area contributed by atoms with Gasteiger partial charge in [-0.25, -0.2) is 29.9 Å². The Balaban J connectivity index is 1.48. The zero-order chi connectivity index (χ0) is 60.0. The van der Waals surface area contributed by atoms with Crippen LogP contribution in [0.4, 0.5) is 0 Å². The second-order valence-corrected chi connectivity index (χ2v) is 25.4. The van der Waals surface area contributed by atoms with Crippen LogP contribution in [-0.2, 0) is 51.4 Å². The average molecular weight is 1160 g/mol. The predicted octanol–water partition coefficient (Wildman–Crippen LogP) is 20.2. The van der Waals surface area contributed by atoms with Crippen molar-refractivity contribution < 1.29 is 10.2 Å². The molecule has 0 unspecified atom stereocenters. The van der Waals surface area contributed by atoms with Gasteiger partial charge in [0.25, 0.3) is 0 Å². The van der Waals surface area contributed by atoms with Crippen LogP contribution in [0.2, 0.25) is 0 Å². The normalized spacial score (nSPS) is 12.1. The van der Waals surface area contributed by atoms with Crippen LogP contribution in [0.15, 0.2) is 48.5 Å². The van der Waals surface area contributed by atoms with E-state index in [9.17, 15) is 10.2 Å². The molecule has 3 aromatic heterocycles. The summed E-state index contributed by atoms with van der Waals surface area (Å²) in [4.78, 5) is 43.2. The van der Waals surface area contributed by atoms with E-state index in [-0.39, 0.29) is 13.2 Å². The van der Waals surface area contributed by atoms with Crippen molar-refractivity contribution in [1.82, 2.24) is 39.9 Å². The van der Waals surface area contributed by atoms with Gasteiger partial charge in [-0.05, 0) is 160 Å². The number of nitrogens with zero attached hydrogens (tertiary/aromatic N) is 6. The predicted molar refractivity (Wildman–Crippen MR) is 363 cm³/mol. The van der Waals surface area contributed by atoms with Gasteiger partial charge < -0.3 is 20.2 Å². The van der Waals surface area contributed by atoms with Crippen LogP contribution >= 0.6 is 0 Å². The fourth-order valence-electron chi connectivity index (χ4n) is 13.8. The van der Waals surface area contributed by atoms with Crippen molar-refractivity contribution in [3.63, 3.8) is 0 Å². The van der Waals surface area contributed by atoms with Crippen LogP contribution in [-0.4, -0.2) is 63.3 Å². The molecule has 86 heavy (non-hydrogen) atoms. The molecule has 0 aliphatic carbocycles. The third-order valence-corrected chi connectivity index (χ3v) is 18.6. The van der Waals surface area contributed by atoms with E-state index in [4.69, 9.17) is 29.9 Å². The third kappa shape index (κ3) is 15.7. The molecule has 0 radical (unpaired) electrons. The molecule has 2 aliphatic rings. The average Bonchev–Trinajstić information content (AvgIpc) is 1.78. The van der Waals surface area contributed by atoms with Gasteiger partial charge in [-0.15, -0.1) is 0 Å². The van der Waals surface area contributed by atoms with E-state index in [1.807, 2.05) is 0 Å². The van der Waals surface area contributed by atoms with Gasteiger partial charge in [0, 0.05) is 57.0 Å². The molecule has 462 valence electrons. The highest BCUT2D eigenvalue weighted by atomic mass is 16.3. The molecule has 8 bridgehead atoms. The quantitative estimate of drug-likeness (QED) is 0.0280. The van der Waals surface area contributed by atoms with Gasteiger partial charge in [0.2, 0.25) is 0 Å². The van der Waals surface area contributed by atoms with Gasteiger partial charge >= 0.3 is 0 Å². The number of aromatic amines is 2. The molecule has 0 saturated heterocycles. The summed E-state index contributed by atoms with van der Waals surface area (Å²) < 4.78 is 0. The Morgan fingerprint density at radius 2 is 0.442 bits per heavy atom. The number of fused-ring (bicyclic) bond motifs is 20. The molecule has 0 amide bonds. The van der Waals surface area contributed by atoms with Crippen LogP contribution in [0.5, 0.6) is 0 Å². The van der Waals surface area contributed by atoms with Crippen molar-refractivity contribution >= 4 is 44.1 Å². The summed E-state index contributed by atoms with van der Waals surface area (Å²) in [6.07, 6.45) is 38.4. The maximum absolute atomic E-state index is 10.1. The minimum absolute atomic E-state index is 0.146. The lowest BCUT2D eigenvalue weighted by Crippen LogP contribution is -1.98. The molecular weight excluding hydrogens is 1060 g/mol. The molecule has 0 fully saturated rings. The molecular formula is C76H106N8O2. The van der Waals surface area contributed by atoms with E-state index in [2.05, 4.69) is 100 Å². The number of hydrogen-bond donors (Lipinski definition) is 4. The topological polar surface area (TPSA) is 149 Å². The molecule has 0 spiro atoms. The fourth-order valence-corrected chi connectivity index (χ4v) is 13.8. The molecule has 4 N–H and O–H groups in total. The highest BCUT2D eigenvalue weighted by Gasteiger charge is 2.30. The summed E-state index contributed by atoms with van der Waals surface area (Å²) in [5.41, 5.74) is 17.7. The number of nitrogens with one attached hydrogen (secondary N) is 2. The first-order valence-corrected chi connectivity index (χ1v) is 35.0. The number of aliphatic hydroxyl groups is 2. The molecule has 0 atom stereocenters. The van der Waals surface area contributed by atoms with Crippen LogP contribution in [0.1, 0.15) is 266 Å². The second-order valence-electron chi connectivity index (χ2n) is 25.4. The van der Waals surface area contributed by atoms with E-state index in [1.54, 1.807) is 0 Å². The highest BCUT2D eigenvalue weighted by Crippen LogP contribution is 2.45. The first-order valence-electron chi connectivity index (χ1n) is 35.0. The Bertz CT molecular complexity index is 3260. The maximum atomic E-state index is 10.1. The van der Waals surface area contributed by atoms with Crippen molar-refractivity contribution in [2.24, 2.45) is 0 Å².